The summed E-state index contributed by atoms with van der Waals surface area (Å²) in [5.41, 5.74) is 1.23. The minimum Gasteiger partial charge on any atom is -0.347 e. The number of benzene rings is 2. The molecule has 0 saturated carbocycles. The first-order valence-electron chi connectivity index (χ1n) is 10.1. The van der Waals surface area contributed by atoms with Crippen molar-refractivity contribution in [1.82, 2.24) is 14.9 Å². The van der Waals surface area contributed by atoms with Crippen molar-refractivity contribution < 1.29 is 22.8 Å². The number of nitrogens with zero attached hydrogens (tertiary/aromatic N) is 2. The Morgan fingerprint density at radius 1 is 1.09 bits per heavy atom. The molecular weight excluding hydrogens is 453 g/mol. The lowest BCUT2D eigenvalue weighted by Crippen LogP contribution is -2.33. The third kappa shape index (κ3) is 7.67. The van der Waals surface area contributed by atoms with Gasteiger partial charge < -0.3 is 15.2 Å². The Hall–Kier alpha value is -3.27. The molecule has 10 heteroatoms. The van der Waals surface area contributed by atoms with Crippen LogP contribution in [-0.2, 0) is 22.3 Å². The zero-order valence-corrected chi connectivity index (χ0v) is 18.6. The van der Waals surface area contributed by atoms with E-state index in [1.807, 2.05) is 25.1 Å². The molecule has 1 heterocycles. The number of aromatic nitrogens is 2. The standard InChI is InChI=1S/C23H23F3N4O2S/c1-16-4-2-7-19(10-16)28-21(31)13-33-14-22(32)29-20(12-30-9-8-27-15-30)17-5-3-6-18(11-17)23(24,25)26/h2-11,15,20H,12-14H2,1H3,(H,28,31)(H,29,32)/t20-/m1/s1. The molecule has 174 valence electrons. The van der Waals surface area contributed by atoms with Gasteiger partial charge in [0.05, 0.1) is 29.4 Å². The number of hydrogen-bond acceptors (Lipinski definition) is 4. The Labute approximate surface area is 193 Å². The maximum atomic E-state index is 13.1. The van der Waals surface area contributed by atoms with E-state index in [1.54, 1.807) is 29.1 Å². The summed E-state index contributed by atoms with van der Waals surface area (Å²) >= 11 is 1.12. The highest BCUT2D eigenvalue weighted by Crippen LogP contribution is 2.31. The van der Waals surface area contributed by atoms with E-state index < -0.39 is 17.8 Å². The van der Waals surface area contributed by atoms with Crippen molar-refractivity contribution in [3.8, 4) is 0 Å². The lowest BCUT2D eigenvalue weighted by molar-refractivity contribution is -0.137. The van der Waals surface area contributed by atoms with Crippen LogP contribution in [0.4, 0.5) is 18.9 Å². The van der Waals surface area contributed by atoms with Gasteiger partial charge in [0.25, 0.3) is 0 Å². The molecule has 0 aliphatic carbocycles. The monoisotopic (exact) mass is 476 g/mol. The second-order valence-corrected chi connectivity index (χ2v) is 8.40. The van der Waals surface area contributed by atoms with Gasteiger partial charge in [-0.25, -0.2) is 4.98 Å². The van der Waals surface area contributed by atoms with Gasteiger partial charge in [-0.05, 0) is 42.3 Å². The lowest BCUT2D eigenvalue weighted by Gasteiger charge is -2.21. The Morgan fingerprint density at radius 2 is 1.85 bits per heavy atom. The number of amides is 2. The summed E-state index contributed by atoms with van der Waals surface area (Å²) in [6.45, 7) is 2.13. The van der Waals surface area contributed by atoms with Crippen LogP contribution in [0.25, 0.3) is 0 Å². The Balaban J connectivity index is 1.59. The molecule has 0 fully saturated rings. The van der Waals surface area contributed by atoms with Crippen LogP contribution >= 0.6 is 11.8 Å². The van der Waals surface area contributed by atoms with Gasteiger partial charge in [-0.1, -0.05) is 24.3 Å². The average molecular weight is 477 g/mol. The number of imidazole rings is 1. The molecule has 0 aliphatic heterocycles. The predicted molar refractivity (Wildman–Crippen MR) is 122 cm³/mol. The minimum atomic E-state index is -4.49. The highest BCUT2D eigenvalue weighted by Gasteiger charge is 2.31. The van der Waals surface area contributed by atoms with Crippen LogP contribution in [-0.4, -0.2) is 32.9 Å². The summed E-state index contributed by atoms with van der Waals surface area (Å²) in [6.07, 6.45) is 0.252. The number of thioether (sulfide) groups is 1. The molecule has 0 spiro atoms. The second kappa shape index (κ2) is 11.0. The van der Waals surface area contributed by atoms with E-state index in [1.165, 1.54) is 12.4 Å². The van der Waals surface area contributed by atoms with Crippen LogP contribution in [0.15, 0.2) is 67.3 Å². The van der Waals surface area contributed by atoms with Gasteiger partial charge in [0.15, 0.2) is 0 Å². The van der Waals surface area contributed by atoms with Crippen LogP contribution in [0.3, 0.4) is 0 Å². The van der Waals surface area contributed by atoms with E-state index in [2.05, 4.69) is 15.6 Å². The van der Waals surface area contributed by atoms with E-state index in [-0.39, 0.29) is 29.9 Å². The molecular formula is C23H23F3N4O2S. The summed E-state index contributed by atoms with van der Waals surface area (Å²) in [6, 6.07) is 11.5. The minimum absolute atomic E-state index is 0.0133. The first-order chi connectivity index (χ1) is 15.7. The van der Waals surface area contributed by atoms with Crippen LogP contribution < -0.4 is 10.6 Å². The molecule has 2 N–H and O–H groups in total. The van der Waals surface area contributed by atoms with E-state index in [0.29, 0.717) is 11.3 Å². The van der Waals surface area contributed by atoms with E-state index in [9.17, 15) is 22.8 Å². The third-order valence-electron chi connectivity index (χ3n) is 4.67. The molecule has 0 bridgehead atoms. The molecule has 2 aromatic carbocycles. The highest BCUT2D eigenvalue weighted by atomic mass is 32.2. The topological polar surface area (TPSA) is 76.0 Å². The van der Waals surface area contributed by atoms with Crippen LogP contribution in [0.2, 0.25) is 0 Å². The Kier molecular flexibility index (Phi) is 8.16. The summed E-state index contributed by atoms with van der Waals surface area (Å²) in [4.78, 5) is 28.6. The lowest BCUT2D eigenvalue weighted by atomic mass is 10.0. The summed E-state index contributed by atoms with van der Waals surface area (Å²) < 4.78 is 41.1. The molecule has 0 saturated heterocycles. The van der Waals surface area contributed by atoms with Crippen molar-refractivity contribution >= 4 is 29.3 Å². The molecule has 2 amide bonds. The van der Waals surface area contributed by atoms with Crippen molar-refractivity contribution in [2.24, 2.45) is 0 Å². The molecule has 0 radical (unpaired) electrons. The second-order valence-electron chi connectivity index (χ2n) is 7.41. The normalized spacial score (nSPS) is 12.2. The first-order valence-corrected chi connectivity index (χ1v) is 11.2. The van der Waals surface area contributed by atoms with Gasteiger partial charge in [0.2, 0.25) is 11.8 Å². The fourth-order valence-electron chi connectivity index (χ4n) is 3.16. The maximum Gasteiger partial charge on any atom is 0.416 e. The fraction of sp³-hybridized carbons (Fsp3) is 0.261. The predicted octanol–water partition coefficient (Wildman–Crippen LogP) is 4.44. The number of nitrogens with one attached hydrogen (secondary N) is 2. The van der Waals surface area contributed by atoms with Gasteiger partial charge in [-0.15, -0.1) is 11.8 Å². The van der Waals surface area contributed by atoms with Gasteiger partial charge >= 0.3 is 6.18 Å². The van der Waals surface area contributed by atoms with Crippen molar-refractivity contribution in [2.75, 3.05) is 16.8 Å². The number of hydrogen-bond donors (Lipinski definition) is 2. The van der Waals surface area contributed by atoms with Gasteiger partial charge in [0.1, 0.15) is 0 Å². The zero-order valence-electron chi connectivity index (χ0n) is 17.8. The van der Waals surface area contributed by atoms with Crippen molar-refractivity contribution in [3.05, 3.63) is 83.9 Å². The van der Waals surface area contributed by atoms with E-state index in [0.717, 1.165) is 29.5 Å². The molecule has 33 heavy (non-hydrogen) atoms. The van der Waals surface area contributed by atoms with E-state index in [4.69, 9.17) is 0 Å². The van der Waals surface area contributed by atoms with Gasteiger partial charge in [0, 0.05) is 24.6 Å². The fourth-order valence-corrected chi connectivity index (χ4v) is 3.79. The molecule has 1 aromatic heterocycles. The average Bonchev–Trinajstić information content (AvgIpc) is 3.26. The molecule has 3 aromatic rings. The number of carbonyl (C=O) groups is 2. The van der Waals surface area contributed by atoms with Crippen LogP contribution in [0, 0.1) is 6.92 Å². The Bertz CT molecular complexity index is 1090. The maximum absolute atomic E-state index is 13.1. The van der Waals surface area contributed by atoms with Crippen molar-refractivity contribution in [1.29, 1.82) is 0 Å². The molecule has 6 nitrogen and oxygen atoms in total. The molecule has 0 unspecified atom stereocenters. The number of anilines is 1. The van der Waals surface area contributed by atoms with Crippen LogP contribution in [0.5, 0.6) is 0 Å². The Morgan fingerprint density at radius 3 is 2.55 bits per heavy atom. The number of aryl methyl sites for hydroxylation is 1. The zero-order chi connectivity index (χ0) is 23.8. The SMILES string of the molecule is Cc1cccc(NC(=O)CSCC(=O)N[C@H](Cn2ccnc2)c2cccc(C(F)(F)F)c2)c1. The van der Waals surface area contributed by atoms with Gasteiger partial charge in [-0.3, -0.25) is 9.59 Å². The molecule has 1 atom stereocenters. The smallest absolute Gasteiger partial charge is 0.347 e. The summed E-state index contributed by atoms with van der Waals surface area (Å²) in [5.74, 6) is -0.574. The number of alkyl halides is 3. The molecule has 0 aliphatic rings. The van der Waals surface area contributed by atoms with E-state index >= 15 is 0 Å². The molecule has 3 rings (SSSR count). The number of halogens is 3. The summed E-state index contributed by atoms with van der Waals surface area (Å²) in [7, 11) is 0. The third-order valence-corrected chi connectivity index (χ3v) is 5.60. The number of rotatable bonds is 9. The van der Waals surface area contributed by atoms with Crippen LogP contribution in [0.1, 0.15) is 22.7 Å². The van der Waals surface area contributed by atoms with Gasteiger partial charge in [-0.2, -0.15) is 13.2 Å². The highest BCUT2D eigenvalue weighted by molar-refractivity contribution is 8.00. The summed E-state index contributed by atoms with van der Waals surface area (Å²) in [5, 5.41) is 5.54. The van der Waals surface area contributed by atoms with Crippen molar-refractivity contribution in [3.63, 3.8) is 0 Å². The number of carbonyl (C=O) groups excluding carboxylic acids is 2. The van der Waals surface area contributed by atoms with Crippen molar-refractivity contribution in [2.45, 2.75) is 25.7 Å². The first kappa shape index (κ1) is 24.4. The largest absolute Gasteiger partial charge is 0.416 e. The quantitative estimate of drug-likeness (QED) is 0.479.